The van der Waals surface area contributed by atoms with E-state index >= 15 is 0 Å². The Kier molecular flexibility index (Phi) is 4.19. The highest BCUT2D eigenvalue weighted by Gasteiger charge is 2.21. The second kappa shape index (κ2) is 5.86. The first kappa shape index (κ1) is 12.9. The third-order valence-electron chi connectivity index (χ3n) is 2.57. The van der Waals surface area contributed by atoms with E-state index in [4.69, 9.17) is 4.74 Å². The van der Waals surface area contributed by atoms with Crippen molar-refractivity contribution in [2.75, 3.05) is 26.2 Å². The summed E-state index contributed by atoms with van der Waals surface area (Å²) in [6, 6.07) is 7.24. The third kappa shape index (κ3) is 3.46. The minimum absolute atomic E-state index is 0.0467. The zero-order chi connectivity index (χ0) is 13.0. The Hall–Kier alpha value is -1.56. The molecular weight excluding hydrogens is 300 g/mol. The third-order valence-corrected chi connectivity index (χ3v) is 3.10. The van der Waals surface area contributed by atoms with Gasteiger partial charge in [0, 0.05) is 17.6 Å². The summed E-state index contributed by atoms with van der Waals surface area (Å²) in [6.07, 6.45) is 0. The molecular formula is C12H13BrN2O3. The van der Waals surface area contributed by atoms with Gasteiger partial charge in [0.05, 0.1) is 6.54 Å². The number of carbonyl (C=O) groups excluding carboxylic acids is 2. The van der Waals surface area contributed by atoms with Crippen LogP contribution in [-0.2, 0) is 9.59 Å². The normalized spacial score (nSPS) is 15.2. The number of nitrogens with one attached hydrogen (secondary N) is 1. The van der Waals surface area contributed by atoms with E-state index in [-0.39, 0.29) is 25.0 Å². The molecule has 1 aliphatic heterocycles. The van der Waals surface area contributed by atoms with Crippen molar-refractivity contribution < 1.29 is 14.3 Å². The number of hydrogen-bond acceptors (Lipinski definition) is 3. The van der Waals surface area contributed by atoms with Crippen LogP contribution in [0.2, 0.25) is 0 Å². The van der Waals surface area contributed by atoms with Crippen LogP contribution in [0.25, 0.3) is 0 Å². The minimum Gasteiger partial charge on any atom is -0.484 e. The highest BCUT2D eigenvalue weighted by atomic mass is 79.9. The molecule has 96 valence electrons. The van der Waals surface area contributed by atoms with Crippen LogP contribution >= 0.6 is 15.9 Å². The van der Waals surface area contributed by atoms with Crippen molar-refractivity contribution in [1.29, 1.82) is 0 Å². The van der Waals surface area contributed by atoms with Gasteiger partial charge >= 0.3 is 0 Å². The Morgan fingerprint density at radius 3 is 2.78 bits per heavy atom. The van der Waals surface area contributed by atoms with Crippen LogP contribution in [0.1, 0.15) is 0 Å². The lowest BCUT2D eigenvalue weighted by Crippen LogP contribution is -2.51. The highest BCUT2D eigenvalue weighted by molar-refractivity contribution is 9.10. The maximum Gasteiger partial charge on any atom is 0.261 e. The molecule has 1 aliphatic rings. The van der Waals surface area contributed by atoms with Crippen LogP contribution in [0.15, 0.2) is 28.7 Å². The van der Waals surface area contributed by atoms with Gasteiger partial charge in [-0.05, 0) is 24.3 Å². The smallest absolute Gasteiger partial charge is 0.261 e. The number of ether oxygens (including phenoxy) is 1. The zero-order valence-electron chi connectivity index (χ0n) is 9.69. The molecule has 2 rings (SSSR count). The first-order valence-electron chi connectivity index (χ1n) is 5.58. The Labute approximate surface area is 113 Å². The van der Waals surface area contributed by atoms with Gasteiger partial charge in [-0.3, -0.25) is 9.59 Å². The molecule has 6 heteroatoms. The number of nitrogens with zero attached hydrogens (tertiary/aromatic N) is 1. The summed E-state index contributed by atoms with van der Waals surface area (Å²) in [4.78, 5) is 24.4. The van der Waals surface area contributed by atoms with Crippen molar-refractivity contribution in [3.8, 4) is 5.75 Å². The van der Waals surface area contributed by atoms with Gasteiger partial charge in [-0.1, -0.05) is 15.9 Å². The van der Waals surface area contributed by atoms with E-state index in [2.05, 4.69) is 21.2 Å². The van der Waals surface area contributed by atoms with Gasteiger partial charge in [0.2, 0.25) is 5.91 Å². The van der Waals surface area contributed by atoms with Crippen molar-refractivity contribution in [3.05, 3.63) is 28.7 Å². The molecule has 0 bridgehead atoms. The van der Waals surface area contributed by atoms with E-state index < -0.39 is 0 Å². The summed E-state index contributed by atoms with van der Waals surface area (Å²) in [5.74, 6) is 0.332. The Morgan fingerprint density at radius 1 is 1.39 bits per heavy atom. The van der Waals surface area contributed by atoms with Gasteiger partial charge in [-0.25, -0.2) is 0 Å². The molecule has 0 radical (unpaired) electrons. The number of hydrogen-bond donors (Lipinski definition) is 1. The predicted octanol–water partition coefficient (Wildman–Crippen LogP) is 0.786. The molecule has 1 N–H and O–H groups in total. The summed E-state index contributed by atoms with van der Waals surface area (Å²) in [7, 11) is 0. The maximum atomic E-state index is 11.8. The number of rotatable bonds is 3. The SMILES string of the molecule is O=C1CN(C(=O)COc2ccc(Br)cc2)CCN1. The molecule has 18 heavy (non-hydrogen) atoms. The van der Waals surface area contributed by atoms with Crippen molar-refractivity contribution in [3.63, 3.8) is 0 Å². The first-order valence-corrected chi connectivity index (χ1v) is 6.37. The van der Waals surface area contributed by atoms with E-state index in [9.17, 15) is 9.59 Å². The van der Waals surface area contributed by atoms with E-state index in [0.29, 0.717) is 18.8 Å². The van der Waals surface area contributed by atoms with Gasteiger partial charge in [-0.2, -0.15) is 0 Å². The maximum absolute atomic E-state index is 11.8. The largest absolute Gasteiger partial charge is 0.484 e. The quantitative estimate of drug-likeness (QED) is 0.897. The number of carbonyl (C=O) groups is 2. The molecule has 0 aromatic heterocycles. The van der Waals surface area contributed by atoms with Gasteiger partial charge < -0.3 is 15.0 Å². The molecule has 5 nitrogen and oxygen atoms in total. The molecule has 0 saturated carbocycles. The summed E-state index contributed by atoms with van der Waals surface area (Å²) in [6.45, 7) is 1.11. The molecule has 1 aromatic rings. The standard InChI is InChI=1S/C12H13BrN2O3/c13-9-1-3-10(4-2-9)18-8-12(17)15-6-5-14-11(16)7-15/h1-4H,5-8H2,(H,14,16). The van der Waals surface area contributed by atoms with Crippen LogP contribution in [0, 0.1) is 0 Å². The molecule has 1 saturated heterocycles. The molecule has 1 fully saturated rings. The molecule has 0 unspecified atom stereocenters. The average Bonchev–Trinajstić information content (AvgIpc) is 2.38. The monoisotopic (exact) mass is 312 g/mol. The first-order chi connectivity index (χ1) is 8.65. The lowest BCUT2D eigenvalue weighted by atomic mass is 10.3. The van der Waals surface area contributed by atoms with Crippen LogP contribution in [0.5, 0.6) is 5.75 Å². The van der Waals surface area contributed by atoms with Crippen molar-refractivity contribution in [2.24, 2.45) is 0 Å². The van der Waals surface area contributed by atoms with Crippen molar-refractivity contribution in [1.82, 2.24) is 10.2 Å². The van der Waals surface area contributed by atoms with Crippen LogP contribution in [-0.4, -0.2) is 43.0 Å². The van der Waals surface area contributed by atoms with Gasteiger partial charge in [0.25, 0.3) is 5.91 Å². The molecule has 0 atom stereocenters. The summed E-state index contributed by atoms with van der Waals surface area (Å²) < 4.78 is 6.32. The minimum atomic E-state index is -0.173. The van der Waals surface area contributed by atoms with E-state index in [1.165, 1.54) is 4.90 Å². The number of halogens is 1. The highest BCUT2D eigenvalue weighted by Crippen LogP contribution is 2.16. The fourth-order valence-electron chi connectivity index (χ4n) is 1.62. The average molecular weight is 313 g/mol. The van der Waals surface area contributed by atoms with E-state index in [1.54, 1.807) is 12.1 Å². The van der Waals surface area contributed by atoms with E-state index in [1.807, 2.05) is 12.1 Å². The Bertz CT molecular complexity index is 447. The fraction of sp³-hybridized carbons (Fsp3) is 0.333. The topological polar surface area (TPSA) is 58.6 Å². The summed E-state index contributed by atoms with van der Waals surface area (Å²) in [5.41, 5.74) is 0. The lowest BCUT2D eigenvalue weighted by Gasteiger charge is -2.26. The Morgan fingerprint density at radius 2 is 2.11 bits per heavy atom. The van der Waals surface area contributed by atoms with Crippen LogP contribution < -0.4 is 10.1 Å². The molecule has 1 heterocycles. The molecule has 0 spiro atoms. The molecule has 1 aromatic carbocycles. The van der Waals surface area contributed by atoms with Gasteiger partial charge in [0.15, 0.2) is 6.61 Å². The molecule has 2 amide bonds. The van der Waals surface area contributed by atoms with Crippen molar-refractivity contribution in [2.45, 2.75) is 0 Å². The number of piperazine rings is 1. The summed E-state index contributed by atoms with van der Waals surface area (Å²) in [5, 5.41) is 2.67. The second-order valence-electron chi connectivity index (χ2n) is 3.91. The molecule has 0 aliphatic carbocycles. The Balaban J connectivity index is 1.84. The number of amides is 2. The number of benzene rings is 1. The second-order valence-corrected chi connectivity index (χ2v) is 4.82. The van der Waals surface area contributed by atoms with Crippen molar-refractivity contribution >= 4 is 27.7 Å². The summed E-state index contributed by atoms with van der Waals surface area (Å²) >= 11 is 3.32. The van der Waals surface area contributed by atoms with E-state index in [0.717, 1.165) is 4.47 Å². The fourth-order valence-corrected chi connectivity index (χ4v) is 1.88. The van der Waals surface area contributed by atoms with Crippen LogP contribution in [0.4, 0.5) is 0 Å². The predicted molar refractivity (Wildman–Crippen MR) is 69.2 cm³/mol. The lowest BCUT2D eigenvalue weighted by molar-refractivity contribution is -0.139. The van der Waals surface area contributed by atoms with Gasteiger partial charge in [0.1, 0.15) is 5.75 Å². The van der Waals surface area contributed by atoms with Gasteiger partial charge in [-0.15, -0.1) is 0 Å². The zero-order valence-corrected chi connectivity index (χ0v) is 11.3. The van der Waals surface area contributed by atoms with Crippen LogP contribution in [0.3, 0.4) is 0 Å².